The normalized spacial score (nSPS) is 19.5. The number of likely N-dealkylation sites (N-methyl/N-ethyl adjacent to an activating group) is 1. The Morgan fingerprint density at radius 2 is 2.03 bits per heavy atom. The first-order valence-electron chi connectivity index (χ1n) is 10.8. The topological polar surface area (TPSA) is 86.5 Å². The van der Waals surface area contributed by atoms with E-state index in [1.54, 1.807) is 22.0 Å². The van der Waals surface area contributed by atoms with Gasteiger partial charge in [0.25, 0.3) is 5.91 Å². The van der Waals surface area contributed by atoms with E-state index in [4.69, 9.17) is 0 Å². The summed E-state index contributed by atoms with van der Waals surface area (Å²) in [6.07, 6.45) is 5.29. The zero-order valence-corrected chi connectivity index (χ0v) is 18.6. The number of aryl methyl sites for hydroxylation is 1. The Bertz CT molecular complexity index is 1040. The van der Waals surface area contributed by atoms with Crippen LogP contribution in [0.15, 0.2) is 61.1 Å². The number of rotatable bonds is 6. The van der Waals surface area contributed by atoms with Gasteiger partial charge in [-0.15, -0.1) is 0 Å². The van der Waals surface area contributed by atoms with Crippen molar-refractivity contribution in [2.24, 2.45) is 0 Å². The van der Waals surface area contributed by atoms with Gasteiger partial charge in [-0.25, -0.2) is 0 Å². The fraction of sp³-hybridized carbons (Fsp3) is 0.375. The number of anilines is 1. The number of aromatic nitrogens is 3. The fourth-order valence-electron chi connectivity index (χ4n) is 4.14. The fourth-order valence-corrected chi connectivity index (χ4v) is 4.14. The van der Waals surface area contributed by atoms with Crippen molar-refractivity contribution in [3.05, 3.63) is 77.9 Å². The maximum absolute atomic E-state index is 13.4. The third-order valence-corrected chi connectivity index (χ3v) is 5.77. The molecule has 0 aliphatic carbocycles. The lowest BCUT2D eigenvalue weighted by Gasteiger charge is -2.32. The molecule has 1 aromatic carbocycles. The van der Waals surface area contributed by atoms with Crippen LogP contribution in [0.5, 0.6) is 0 Å². The summed E-state index contributed by atoms with van der Waals surface area (Å²) in [5.74, 6) is -0.0833. The number of nitrogens with zero attached hydrogens (tertiary/aromatic N) is 5. The number of pyridine rings is 1. The molecule has 2 N–H and O–H groups in total. The second kappa shape index (κ2) is 9.50. The molecule has 1 atom stereocenters. The first-order chi connectivity index (χ1) is 15.4. The first-order valence-corrected chi connectivity index (χ1v) is 10.8. The van der Waals surface area contributed by atoms with Crippen LogP contribution in [0.25, 0.3) is 0 Å². The maximum atomic E-state index is 13.4. The number of aliphatic hydroxyl groups is 1. The van der Waals surface area contributed by atoms with Crippen molar-refractivity contribution < 1.29 is 9.90 Å². The number of nitrogens with one attached hydrogen (secondary N) is 1. The summed E-state index contributed by atoms with van der Waals surface area (Å²) < 4.78 is 1.72. The lowest BCUT2D eigenvalue weighted by molar-refractivity contribution is -0.0137. The molecule has 0 radical (unpaired) electrons. The van der Waals surface area contributed by atoms with Gasteiger partial charge in [0.2, 0.25) is 0 Å². The van der Waals surface area contributed by atoms with Gasteiger partial charge in [0, 0.05) is 49.5 Å². The van der Waals surface area contributed by atoms with Crippen LogP contribution in [0, 0.1) is 6.92 Å². The lowest BCUT2D eigenvalue weighted by atomic mass is 10.0. The van der Waals surface area contributed by atoms with Crippen LogP contribution in [0.1, 0.15) is 21.6 Å². The van der Waals surface area contributed by atoms with Crippen molar-refractivity contribution in [2.45, 2.75) is 25.6 Å². The number of carbonyl (C=O) groups excluding carboxylic acids is 1. The molecule has 0 bridgehead atoms. The molecule has 1 unspecified atom stereocenters. The predicted octanol–water partition coefficient (Wildman–Crippen LogP) is 2.02. The first kappa shape index (κ1) is 22.0. The molecule has 1 amide bonds. The van der Waals surface area contributed by atoms with Gasteiger partial charge in [-0.3, -0.25) is 14.5 Å². The Morgan fingerprint density at radius 3 is 2.78 bits per heavy atom. The second-order valence-electron chi connectivity index (χ2n) is 8.60. The van der Waals surface area contributed by atoms with Gasteiger partial charge in [0.05, 0.1) is 25.3 Å². The average molecular weight is 435 g/mol. The molecular formula is C24H30N6O2. The van der Waals surface area contributed by atoms with E-state index in [-0.39, 0.29) is 12.5 Å². The molecular weight excluding hydrogens is 404 g/mol. The smallest absolute Gasteiger partial charge is 0.254 e. The van der Waals surface area contributed by atoms with E-state index in [2.05, 4.69) is 20.3 Å². The third-order valence-electron chi connectivity index (χ3n) is 5.77. The standard InChI is InChI=1S/C24H30N6O2/c1-19-7-8-20(14-22(19)26-15-21-6-3-4-9-25-21)23(31)29-13-12-28(2)16-24(32,17-29)18-30-11-5-10-27-30/h3-11,14,26,32H,12-13,15-18H2,1-2H3. The van der Waals surface area contributed by atoms with Crippen molar-refractivity contribution in [2.75, 3.05) is 38.5 Å². The van der Waals surface area contributed by atoms with Crippen LogP contribution in [0.3, 0.4) is 0 Å². The molecule has 1 fully saturated rings. The van der Waals surface area contributed by atoms with Crippen molar-refractivity contribution >= 4 is 11.6 Å². The number of carbonyl (C=O) groups is 1. The highest BCUT2D eigenvalue weighted by Gasteiger charge is 2.36. The van der Waals surface area contributed by atoms with Gasteiger partial charge in [-0.2, -0.15) is 5.10 Å². The van der Waals surface area contributed by atoms with E-state index in [1.807, 2.05) is 62.6 Å². The number of β-amino-alcohol motifs (C(OH)–C–C–N with tert-alkyl or cyclic N) is 1. The van der Waals surface area contributed by atoms with Gasteiger partial charge < -0.3 is 20.2 Å². The third kappa shape index (κ3) is 5.33. The summed E-state index contributed by atoms with van der Waals surface area (Å²) >= 11 is 0. The minimum atomic E-state index is -1.09. The number of hydrogen-bond acceptors (Lipinski definition) is 6. The molecule has 1 saturated heterocycles. The van der Waals surface area contributed by atoms with Gasteiger partial charge in [0.15, 0.2) is 0 Å². The molecule has 3 heterocycles. The zero-order valence-electron chi connectivity index (χ0n) is 18.6. The van der Waals surface area contributed by atoms with Crippen LogP contribution in [0.4, 0.5) is 5.69 Å². The van der Waals surface area contributed by atoms with Crippen LogP contribution < -0.4 is 5.32 Å². The maximum Gasteiger partial charge on any atom is 0.254 e. The van der Waals surface area contributed by atoms with E-state index in [0.29, 0.717) is 38.3 Å². The van der Waals surface area contributed by atoms with E-state index in [0.717, 1.165) is 16.9 Å². The molecule has 8 heteroatoms. The van der Waals surface area contributed by atoms with E-state index in [1.165, 1.54) is 0 Å². The van der Waals surface area contributed by atoms with Crippen LogP contribution in [-0.2, 0) is 13.1 Å². The predicted molar refractivity (Wildman–Crippen MR) is 123 cm³/mol. The highest BCUT2D eigenvalue weighted by Crippen LogP contribution is 2.22. The van der Waals surface area contributed by atoms with Crippen molar-refractivity contribution in [1.82, 2.24) is 24.6 Å². The molecule has 32 heavy (non-hydrogen) atoms. The monoisotopic (exact) mass is 434 g/mol. The van der Waals surface area contributed by atoms with Gasteiger partial charge in [-0.1, -0.05) is 12.1 Å². The summed E-state index contributed by atoms with van der Waals surface area (Å²) in [5, 5.41) is 19.0. The van der Waals surface area contributed by atoms with E-state index >= 15 is 0 Å². The molecule has 168 valence electrons. The number of benzene rings is 1. The summed E-state index contributed by atoms with van der Waals surface area (Å²) in [6, 6.07) is 13.3. The summed E-state index contributed by atoms with van der Waals surface area (Å²) in [7, 11) is 1.97. The summed E-state index contributed by atoms with van der Waals surface area (Å²) in [5.41, 5.74) is 2.41. The Balaban J connectivity index is 1.50. The highest BCUT2D eigenvalue weighted by molar-refractivity contribution is 5.95. The van der Waals surface area contributed by atoms with Gasteiger partial charge in [0.1, 0.15) is 5.60 Å². The molecule has 2 aromatic heterocycles. The zero-order chi connectivity index (χ0) is 22.6. The number of hydrogen-bond donors (Lipinski definition) is 2. The van der Waals surface area contributed by atoms with E-state index in [9.17, 15) is 9.90 Å². The van der Waals surface area contributed by atoms with Gasteiger partial charge >= 0.3 is 0 Å². The molecule has 4 rings (SSSR count). The largest absolute Gasteiger partial charge is 0.385 e. The van der Waals surface area contributed by atoms with Crippen LogP contribution in [0.2, 0.25) is 0 Å². The second-order valence-corrected chi connectivity index (χ2v) is 8.60. The van der Waals surface area contributed by atoms with E-state index < -0.39 is 5.60 Å². The van der Waals surface area contributed by atoms with Crippen LogP contribution >= 0.6 is 0 Å². The summed E-state index contributed by atoms with van der Waals surface area (Å²) in [4.78, 5) is 21.6. The van der Waals surface area contributed by atoms with Crippen molar-refractivity contribution in [3.63, 3.8) is 0 Å². The van der Waals surface area contributed by atoms with Crippen LogP contribution in [-0.4, -0.2) is 74.4 Å². The SMILES string of the molecule is Cc1ccc(C(=O)N2CCN(C)CC(O)(Cn3cccn3)C2)cc1NCc1ccccn1. The lowest BCUT2D eigenvalue weighted by Crippen LogP contribution is -2.50. The number of amides is 1. The molecule has 1 aliphatic rings. The Labute approximate surface area is 188 Å². The summed E-state index contributed by atoms with van der Waals surface area (Å²) in [6.45, 7) is 4.91. The molecule has 8 nitrogen and oxygen atoms in total. The highest BCUT2D eigenvalue weighted by atomic mass is 16.3. The average Bonchev–Trinajstić information content (AvgIpc) is 3.23. The van der Waals surface area contributed by atoms with Crippen molar-refractivity contribution in [3.8, 4) is 0 Å². The minimum Gasteiger partial charge on any atom is -0.385 e. The molecule has 3 aromatic rings. The minimum absolute atomic E-state index is 0.0833. The Morgan fingerprint density at radius 1 is 1.16 bits per heavy atom. The van der Waals surface area contributed by atoms with Crippen molar-refractivity contribution in [1.29, 1.82) is 0 Å². The molecule has 0 saturated carbocycles. The molecule has 0 spiro atoms. The van der Waals surface area contributed by atoms with Gasteiger partial charge in [-0.05, 0) is 49.9 Å². The molecule has 1 aliphatic heterocycles. The quantitative estimate of drug-likeness (QED) is 0.617. The Kier molecular flexibility index (Phi) is 6.53. The Hall–Kier alpha value is -3.23.